The summed E-state index contributed by atoms with van der Waals surface area (Å²) in [6, 6.07) is 4.82. The second kappa shape index (κ2) is 9.72. The smallest absolute Gasteiger partial charge is 0.310 e. The molecule has 1 aromatic rings. The molecule has 0 radical (unpaired) electrons. The van der Waals surface area contributed by atoms with Gasteiger partial charge in [-0.25, -0.2) is 0 Å². The van der Waals surface area contributed by atoms with Gasteiger partial charge in [0.2, 0.25) is 0 Å². The number of allylic oxidation sites excluding steroid dienone is 3. The summed E-state index contributed by atoms with van der Waals surface area (Å²) in [5.41, 5.74) is 3.27. The van der Waals surface area contributed by atoms with Gasteiger partial charge in [-0.05, 0) is 57.4 Å². The molecule has 0 saturated heterocycles. The number of phenolic OH excluding ortho intramolecular Hbond substituents is 1. The maximum Gasteiger partial charge on any atom is 0.310 e. The Kier molecular flexibility index (Phi) is 7.95. The molecule has 1 aromatic carbocycles. The number of aromatic hydroxyl groups is 1. The molecule has 0 atom stereocenters. The molecule has 0 aliphatic rings. The molecule has 23 heavy (non-hydrogen) atoms. The third-order valence-corrected chi connectivity index (χ3v) is 3.36. The van der Waals surface area contributed by atoms with Crippen LogP contribution >= 0.6 is 0 Å². The summed E-state index contributed by atoms with van der Waals surface area (Å²) in [5, 5.41) is 9.52. The van der Waals surface area contributed by atoms with Gasteiger partial charge in [-0.2, -0.15) is 0 Å². The van der Waals surface area contributed by atoms with Crippen molar-refractivity contribution in [2.24, 2.45) is 0 Å². The Balaban J connectivity index is 2.41. The van der Waals surface area contributed by atoms with Gasteiger partial charge < -0.3 is 14.6 Å². The highest BCUT2D eigenvalue weighted by molar-refractivity contribution is 5.73. The van der Waals surface area contributed by atoms with Gasteiger partial charge >= 0.3 is 5.97 Å². The van der Waals surface area contributed by atoms with Crippen molar-refractivity contribution in [1.29, 1.82) is 0 Å². The Labute approximate surface area is 138 Å². The van der Waals surface area contributed by atoms with Crippen LogP contribution in [0.2, 0.25) is 0 Å². The Bertz CT molecular complexity index is 581. The number of hydrogen-bond donors (Lipinski definition) is 1. The van der Waals surface area contributed by atoms with E-state index in [-0.39, 0.29) is 24.7 Å². The van der Waals surface area contributed by atoms with Gasteiger partial charge in [-0.3, -0.25) is 4.79 Å². The summed E-state index contributed by atoms with van der Waals surface area (Å²) < 4.78 is 10.2. The van der Waals surface area contributed by atoms with E-state index in [1.807, 2.05) is 13.0 Å². The molecule has 0 unspecified atom stereocenters. The summed E-state index contributed by atoms with van der Waals surface area (Å²) in [4.78, 5) is 11.8. The number of ether oxygens (including phenoxy) is 2. The van der Waals surface area contributed by atoms with Crippen LogP contribution in [0.4, 0.5) is 0 Å². The van der Waals surface area contributed by atoms with E-state index in [9.17, 15) is 9.90 Å². The van der Waals surface area contributed by atoms with E-state index in [1.165, 1.54) is 24.3 Å². The molecular weight excluding hydrogens is 292 g/mol. The Morgan fingerprint density at radius 1 is 1.22 bits per heavy atom. The number of carbonyl (C=O) groups is 1. The molecule has 1 N–H and O–H groups in total. The Morgan fingerprint density at radius 3 is 2.61 bits per heavy atom. The molecule has 0 aromatic heterocycles. The fourth-order valence-electron chi connectivity index (χ4n) is 2.02. The number of carbonyl (C=O) groups excluding carboxylic acids is 1. The standard InChI is InChI=1S/C19H26O4/c1-14(2)6-5-7-15(3)10-11-23-19(21)13-16-8-9-17(20)18(12-16)22-4/h6,8-10,12,20H,5,7,11,13H2,1-4H3/b15-10-. The quantitative estimate of drug-likeness (QED) is 0.577. The van der Waals surface area contributed by atoms with Gasteiger partial charge in [0.1, 0.15) is 6.61 Å². The number of methoxy groups -OCH3 is 1. The first-order chi connectivity index (χ1) is 10.9. The molecule has 1 rings (SSSR count). The van der Waals surface area contributed by atoms with Crippen LogP contribution in [0.25, 0.3) is 0 Å². The lowest BCUT2D eigenvalue weighted by Crippen LogP contribution is -2.08. The summed E-state index contributed by atoms with van der Waals surface area (Å²) >= 11 is 0. The predicted octanol–water partition coefficient (Wildman–Crippen LogP) is 4.18. The van der Waals surface area contributed by atoms with Crippen molar-refractivity contribution in [3.63, 3.8) is 0 Å². The molecule has 4 nitrogen and oxygen atoms in total. The third-order valence-electron chi connectivity index (χ3n) is 3.36. The van der Waals surface area contributed by atoms with Gasteiger partial charge in [-0.15, -0.1) is 0 Å². The van der Waals surface area contributed by atoms with E-state index in [2.05, 4.69) is 19.9 Å². The zero-order valence-electron chi connectivity index (χ0n) is 14.4. The number of phenols is 1. The monoisotopic (exact) mass is 318 g/mol. The van der Waals surface area contributed by atoms with E-state index >= 15 is 0 Å². The largest absolute Gasteiger partial charge is 0.504 e. The minimum absolute atomic E-state index is 0.0551. The molecule has 4 heteroatoms. The first-order valence-corrected chi connectivity index (χ1v) is 7.73. The van der Waals surface area contributed by atoms with Crippen LogP contribution in [0.15, 0.2) is 41.5 Å². The first kappa shape index (κ1) is 18.8. The minimum Gasteiger partial charge on any atom is -0.504 e. The van der Waals surface area contributed by atoms with Crippen LogP contribution in [-0.2, 0) is 16.0 Å². The van der Waals surface area contributed by atoms with Gasteiger partial charge in [0.05, 0.1) is 13.5 Å². The zero-order valence-corrected chi connectivity index (χ0v) is 14.4. The maximum atomic E-state index is 11.8. The van der Waals surface area contributed by atoms with Crippen molar-refractivity contribution >= 4 is 5.97 Å². The van der Waals surface area contributed by atoms with Crippen LogP contribution in [0.5, 0.6) is 11.5 Å². The molecule has 0 aliphatic carbocycles. The average molecular weight is 318 g/mol. The lowest BCUT2D eigenvalue weighted by molar-refractivity contribution is -0.141. The highest BCUT2D eigenvalue weighted by Crippen LogP contribution is 2.26. The summed E-state index contributed by atoms with van der Waals surface area (Å²) in [5.74, 6) is 0.107. The molecule has 0 aliphatic heterocycles. The van der Waals surface area contributed by atoms with Crippen LogP contribution in [-0.4, -0.2) is 24.8 Å². The fourth-order valence-corrected chi connectivity index (χ4v) is 2.02. The summed E-state index contributed by atoms with van der Waals surface area (Å²) in [7, 11) is 1.47. The number of esters is 1. The van der Waals surface area contributed by atoms with Crippen molar-refractivity contribution in [1.82, 2.24) is 0 Å². The van der Waals surface area contributed by atoms with Crippen molar-refractivity contribution < 1.29 is 19.4 Å². The highest BCUT2D eigenvalue weighted by atomic mass is 16.5. The molecule has 0 bridgehead atoms. The molecular formula is C19H26O4. The zero-order chi connectivity index (χ0) is 17.2. The molecule has 0 heterocycles. The van der Waals surface area contributed by atoms with Gasteiger partial charge in [0.25, 0.3) is 0 Å². The van der Waals surface area contributed by atoms with Crippen molar-refractivity contribution in [2.45, 2.75) is 40.0 Å². The SMILES string of the molecule is COc1cc(CC(=O)OC/C=C(/C)CCC=C(C)C)ccc1O. The lowest BCUT2D eigenvalue weighted by Gasteiger charge is -2.07. The average Bonchev–Trinajstić information content (AvgIpc) is 2.48. The van der Waals surface area contributed by atoms with E-state index in [0.717, 1.165) is 18.4 Å². The topological polar surface area (TPSA) is 55.8 Å². The second-order valence-electron chi connectivity index (χ2n) is 5.74. The lowest BCUT2D eigenvalue weighted by atomic mass is 10.1. The van der Waals surface area contributed by atoms with Gasteiger partial charge in [0, 0.05) is 0 Å². The maximum absolute atomic E-state index is 11.8. The molecule has 0 saturated carbocycles. The van der Waals surface area contributed by atoms with Gasteiger partial charge in [0.15, 0.2) is 11.5 Å². The fraction of sp³-hybridized carbons (Fsp3) is 0.421. The summed E-state index contributed by atoms with van der Waals surface area (Å²) in [6.45, 7) is 6.49. The normalized spacial score (nSPS) is 11.0. The van der Waals surface area contributed by atoms with Gasteiger partial charge in [-0.1, -0.05) is 23.3 Å². The van der Waals surface area contributed by atoms with Crippen molar-refractivity contribution in [3.8, 4) is 11.5 Å². The van der Waals surface area contributed by atoms with E-state index < -0.39 is 0 Å². The van der Waals surface area contributed by atoms with Crippen molar-refractivity contribution in [3.05, 3.63) is 47.1 Å². The van der Waals surface area contributed by atoms with Crippen LogP contribution < -0.4 is 4.74 Å². The van der Waals surface area contributed by atoms with Crippen molar-refractivity contribution in [2.75, 3.05) is 13.7 Å². The second-order valence-corrected chi connectivity index (χ2v) is 5.74. The summed E-state index contributed by atoms with van der Waals surface area (Å²) in [6.07, 6.45) is 6.26. The van der Waals surface area contributed by atoms with E-state index in [1.54, 1.807) is 12.1 Å². The Hall–Kier alpha value is -2.23. The van der Waals surface area contributed by atoms with Crippen LogP contribution in [0.1, 0.15) is 39.2 Å². The predicted molar refractivity (Wildman–Crippen MR) is 91.7 cm³/mol. The van der Waals surface area contributed by atoms with E-state index in [4.69, 9.17) is 9.47 Å². The van der Waals surface area contributed by atoms with E-state index in [0.29, 0.717) is 5.75 Å². The Morgan fingerprint density at radius 2 is 1.96 bits per heavy atom. The highest BCUT2D eigenvalue weighted by Gasteiger charge is 2.08. The van der Waals surface area contributed by atoms with Crippen LogP contribution in [0.3, 0.4) is 0 Å². The first-order valence-electron chi connectivity index (χ1n) is 7.73. The number of hydrogen-bond acceptors (Lipinski definition) is 4. The molecule has 0 amide bonds. The minimum atomic E-state index is -0.300. The molecule has 0 spiro atoms. The third kappa shape index (κ3) is 7.54. The molecule has 126 valence electrons. The van der Waals surface area contributed by atoms with Crippen LogP contribution in [0, 0.1) is 0 Å². The molecule has 0 fully saturated rings. The number of rotatable bonds is 8. The number of benzene rings is 1.